The molecule has 1 saturated carbocycles. The van der Waals surface area contributed by atoms with E-state index in [0.29, 0.717) is 19.0 Å². The number of piperidine rings is 1. The third kappa shape index (κ3) is 3.89. The molecule has 8 heteroatoms. The van der Waals surface area contributed by atoms with Crippen molar-refractivity contribution in [1.82, 2.24) is 9.97 Å². The van der Waals surface area contributed by atoms with Gasteiger partial charge in [0.1, 0.15) is 0 Å². The summed E-state index contributed by atoms with van der Waals surface area (Å²) in [5, 5.41) is 0. The van der Waals surface area contributed by atoms with Gasteiger partial charge in [-0.3, -0.25) is 0 Å². The monoisotopic (exact) mass is 357 g/mol. The molecule has 2 fully saturated rings. The molecule has 0 bridgehead atoms. The summed E-state index contributed by atoms with van der Waals surface area (Å²) in [6.07, 6.45) is 1.18. The Morgan fingerprint density at radius 1 is 1.16 bits per heavy atom. The highest BCUT2D eigenvalue weighted by molar-refractivity contribution is 5.36. The van der Waals surface area contributed by atoms with E-state index in [1.54, 1.807) is 6.20 Å². The van der Waals surface area contributed by atoms with Gasteiger partial charge in [-0.05, 0) is 45.4 Å². The van der Waals surface area contributed by atoms with Gasteiger partial charge in [0.2, 0.25) is 5.95 Å². The van der Waals surface area contributed by atoms with Crippen LogP contribution >= 0.6 is 0 Å². The fourth-order valence-electron chi connectivity index (χ4n) is 3.93. The van der Waals surface area contributed by atoms with Crippen molar-refractivity contribution in [2.75, 3.05) is 18.0 Å². The molecular weight excluding hydrogens is 331 g/mol. The summed E-state index contributed by atoms with van der Waals surface area (Å²) in [5.74, 6) is -0.721. The lowest BCUT2D eigenvalue weighted by atomic mass is 9.76. The molecule has 1 aliphatic heterocycles. The van der Waals surface area contributed by atoms with E-state index in [4.69, 9.17) is 11.5 Å². The van der Waals surface area contributed by atoms with Crippen LogP contribution in [0.2, 0.25) is 0 Å². The van der Waals surface area contributed by atoms with Crippen LogP contribution in [0.25, 0.3) is 0 Å². The van der Waals surface area contributed by atoms with Crippen molar-refractivity contribution in [2.24, 2.45) is 17.4 Å². The standard InChI is InChI=1S/C17H26F3N5/c1-11-14(16(22)6-2-13(21)3-7-16)10-23-15(24-11)25-8-4-12(5-9-25)17(18,19)20/h10,12-13H,2-9,21-22H2,1H3. The highest BCUT2D eigenvalue weighted by Gasteiger charge is 2.41. The fourth-order valence-corrected chi connectivity index (χ4v) is 3.93. The van der Waals surface area contributed by atoms with Crippen LogP contribution in [0.5, 0.6) is 0 Å². The summed E-state index contributed by atoms with van der Waals surface area (Å²) in [6, 6.07) is 0.201. The molecule has 5 nitrogen and oxygen atoms in total. The Morgan fingerprint density at radius 2 is 1.76 bits per heavy atom. The van der Waals surface area contributed by atoms with Gasteiger partial charge in [-0.15, -0.1) is 0 Å². The third-order valence-corrected chi connectivity index (χ3v) is 5.67. The maximum Gasteiger partial charge on any atom is 0.391 e. The van der Waals surface area contributed by atoms with E-state index in [2.05, 4.69) is 9.97 Å². The summed E-state index contributed by atoms with van der Waals surface area (Å²) >= 11 is 0. The minimum atomic E-state index is -4.11. The Bertz CT molecular complexity index is 603. The Kier molecular flexibility index (Phi) is 4.94. The lowest BCUT2D eigenvalue weighted by molar-refractivity contribution is -0.179. The van der Waals surface area contributed by atoms with Gasteiger partial charge >= 0.3 is 6.18 Å². The van der Waals surface area contributed by atoms with Crippen molar-refractivity contribution in [3.63, 3.8) is 0 Å². The number of halogens is 3. The fraction of sp³-hybridized carbons (Fsp3) is 0.765. The quantitative estimate of drug-likeness (QED) is 0.850. The summed E-state index contributed by atoms with van der Waals surface area (Å²) in [5.41, 5.74) is 13.8. The van der Waals surface area contributed by atoms with Gasteiger partial charge in [0.05, 0.1) is 5.92 Å². The number of nitrogens with two attached hydrogens (primary N) is 2. The Labute approximate surface area is 146 Å². The van der Waals surface area contributed by atoms with Crippen molar-refractivity contribution in [3.05, 3.63) is 17.5 Å². The number of aromatic nitrogens is 2. The second-order valence-electron chi connectivity index (χ2n) is 7.47. The topological polar surface area (TPSA) is 81.1 Å². The Morgan fingerprint density at radius 3 is 2.28 bits per heavy atom. The molecule has 25 heavy (non-hydrogen) atoms. The molecule has 0 atom stereocenters. The number of alkyl halides is 3. The van der Waals surface area contributed by atoms with Crippen molar-refractivity contribution >= 4 is 5.95 Å². The number of rotatable bonds is 2. The Balaban J connectivity index is 1.71. The predicted molar refractivity (Wildman–Crippen MR) is 90.1 cm³/mol. The number of anilines is 1. The largest absolute Gasteiger partial charge is 0.391 e. The first-order chi connectivity index (χ1) is 11.7. The SMILES string of the molecule is Cc1nc(N2CCC(C(F)(F)F)CC2)ncc1C1(N)CCC(N)CC1. The van der Waals surface area contributed by atoms with Crippen LogP contribution < -0.4 is 16.4 Å². The van der Waals surface area contributed by atoms with Gasteiger partial charge in [-0.25, -0.2) is 9.97 Å². The molecule has 0 radical (unpaired) electrons. The first-order valence-electron chi connectivity index (χ1n) is 8.89. The van der Waals surface area contributed by atoms with E-state index in [-0.39, 0.29) is 18.9 Å². The van der Waals surface area contributed by atoms with E-state index < -0.39 is 17.6 Å². The molecule has 4 N–H and O–H groups in total. The van der Waals surface area contributed by atoms with Crippen molar-refractivity contribution in [2.45, 2.75) is 63.2 Å². The van der Waals surface area contributed by atoms with E-state index in [9.17, 15) is 13.2 Å². The molecule has 1 aromatic heterocycles. The van der Waals surface area contributed by atoms with E-state index in [1.807, 2.05) is 11.8 Å². The minimum Gasteiger partial charge on any atom is -0.341 e. The zero-order valence-electron chi connectivity index (χ0n) is 14.5. The second kappa shape index (κ2) is 6.72. The van der Waals surface area contributed by atoms with Gasteiger partial charge in [0, 0.05) is 42.1 Å². The van der Waals surface area contributed by atoms with Gasteiger partial charge in [0.15, 0.2) is 0 Å². The summed E-state index contributed by atoms with van der Waals surface area (Å²) in [7, 11) is 0. The average molecular weight is 357 g/mol. The molecule has 0 spiro atoms. The van der Waals surface area contributed by atoms with Crippen LogP contribution in [-0.2, 0) is 5.54 Å². The molecule has 0 unspecified atom stereocenters. The van der Waals surface area contributed by atoms with Crippen LogP contribution in [-0.4, -0.2) is 35.3 Å². The molecular formula is C17H26F3N5. The zero-order chi connectivity index (χ0) is 18.2. The van der Waals surface area contributed by atoms with Crippen molar-refractivity contribution in [3.8, 4) is 0 Å². The van der Waals surface area contributed by atoms with Gasteiger partial charge in [0.25, 0.3) is 0 Å². The van der Waals surface area contributed by atoms with Gasteiger partial charge < -0.3 is 16.4 Å². The van der Waals surface area contributed by atoms with Gasteiger partial charge in [-0.1, -0.05) is 0 Å². The van der Waals surface area contributed by atoms with E-state index >= 15 is 0 Å². The van der Waals surface area contributed by atoms with Crippen LogP contribution in [0.15, 0.2) is 6.20 Å². The average Bonchev–Trinajstić information content (AvgIpc) is 2.57. The van der Waals surface area contributed by atoms with Crippen LogP contribution in [0, 0.1) is 12.8 Å². The zero-order valence-corrected chi connectivity index (χ0v) is 14.5. The van der Waals surface area contributed by atoms with Gasteiger partial charge in [-0.2, -0.15) is 13.2 Å². The lowest BCUT2D eigenvalue weighted by Crippen LogP contribution is -2.44. The van der Waals surface area contributed by atoms with Crippen LogP contribution in [0.4, 0.5) is 19.1 Å². The smallest absolute Gasteiger partial charge is 0.341 e. The number of hydrogen-bond acceptors (Lipinski definition) is 5. The molecule has 2 heterocycles. The molecule has 1 aromatic rings. The third-order valence-electron chi connectivity index (χ3n) is 5.67. The van der Waals surface area contributed by atoms with Crippen LogP contribution in [0.3, 0.4) is 0 Å². The van der Waals surface area contributed by atoms with Crippen molar-refractivity contribution in [1.29, 1.82) is 0 Å². The Hall–Kier alpha value is -1.41. The molecule has 0 amide bonds. The summed E-state index contributed by atoms with van der Waals surface area (Å²) in [4.78, 5) is 10.8. The predicted octanol–water partition coefficient (Wildman–Crippen LogP) is 2.62. The number of nitrogens with zero attached hydrogens (tertiary/aromatic N) is 3. The lowest BCUT2D eigenvalue weighted by Gasteiger charge is -2.37. The highest BCUT2D eigenvalue weighted by Crippen LogP contribution is 2.37. The first kappa shape index (κ1) is 18.4. The molecule has 0 aromatic carbocycles. The highest BCUT2D eigenvalue weighted by atomic mass is 19.4. The summed E-state index contributed by atoms with van der Waals surface area (Å²) in [6.45, 7) is 2.54. The normalized spacial score (nSPS) is 29.0. The molecule has 1 saturated heterocycles. The maximum absolute atomic E-state index is 12.8. The summed E-state index contributed by atoms with van der Waals surface area (Å²) < 4.78 is 38.4. The number of aryl methyl sites for hydroxylation is 1. The van der Waals surface area contributed by atoms with E-state index in [0.717, 1.165) is 36.9 Å². The minimum absolute atomic E-state index is 0.0897. The first-order valence-corrected chi connectivity index (χ1v) is 8.89. The molecule has 3 rings (SSSR count). The second-order valence-corrected chi connectivity index (χ2v) is 7.47. The van der Waals surface area contributed by atoms with E-state index in [1.165, 1.54) is 0 Å². The molecule has 140 valence electrons. The van der Waals surface area contributed by atoms with Crippen LogP contribution in [0.1, 0.15) is 49.8 Å². The molecule has 2 aliphatic rings. The molecule has 1 aliphatic carbocycles. The van der Waals surface area contributed by atoms with Crippen molar-refractivity contribution < 1.29 is 13.2 Å². The number of hydrogen-bond donors (Lipinski definition) is 2. The maximum atomic E-state index is 12.8.